The van der Waals surface area contributed by atoms with Crippen LogP contribution >= 0.6 is 0 Å². The molecule has 1 amide bonds. The van der Waals surface area contributed by atoms with Crippen LogP contribution in [0.5, 0.6) is 6.01 Å². The summed E-state index contributed by atoms with van der Waals surface area (Å²) in [7, 11) is 0. The molecule has 1 saturated heterocycles. The molecule has 0 spiro atoms. The predicted molar refractivity (Wildman–Crippen MR) is 115 cm³/mol. The van der Waals surface area contributed by atoms with E-state index in [1.807, 2.05) is 0 Å². The third kappa shape index (κ3) is 5.57. The van der Waals surface area contributed by atoms with Gasteiger partial charge in [-0.05, 0) is 39.7 Å². The number of rotatable bonds is 10. The van der Waals surface area contributed by atoms with Crippen LogP contribution in [0.3, 0.4) is 0 Å². The summed E-state index contributed by atoms with van der Waals surface area (Å²) < 4.78 is 5.62. The predicted octanol–water partition coefficient (Wildman–Crippen LogP) is 1.93. The van der Waals surface area contributed by atoms with E-state index in [0.717, 1.165) is 64.0 Å². The van der Waals surface area contributed by atoms with Crippen LogP contribution in [0.2, 0.25) is 0 Å². The van der Waals surface area contributed by atoms with E-state index in [0.29, 0.717) is 30.8 Å². The van der Waals surface area contributed by atoms with Crippen molar-refractivity contribution in [3.63, 3.8) is 0 Å². The number of ether oxygens (including phenoxy) is 1. The van der Waals surface area contributed by atoms with Crippen LogP contribution in [0, 0.1) is 0 Å². The Hall–Kier alpha value is -1.93. The smallest absolute Gasteiger partial charge is 0.320 e. The molecule has 3 heterocycles. The Morgan fingerprint density at radius 2 is 1.79 bits per heavy atom. The van der Waals surface area contributed by atoms with E-state index >= 15 is 0 Å². The van der Waals surface area contributed by atoms with Gasteiger partial charge in [0, 0.05) is 44.3 Å². The number of anilines is 2. The van der Waals surface area contributed by atoms with Gasteiger partial charge in [-0.3, -0.25) is 14.6 Å². The topological polar surface area (TPSA) is 87.8 Å². The monoisotopic (exact) mass is 404 g/mol. The average Bonchev–Trinajstić information content (AvgIpc) is 3.02. The molecule has 0 bridgehead atoms. The van der Waals surface area contributed by atoms with Gasteiger partial charge >= 0.3 is 6.01 Å². The minimum Gasteiger partial charge on any atom is -0.463 e. The molecule has 2 aliphatic heterocycles. The Balaban J connectivity index is 1.49. The van der Waals surface area contributed by atoms with Gasteiger partial charge in [0.2, 0.25) is 5.91 Å². The van der Waals surface area contributed by atoms with Gasteiger partial charge in [0.05, 0.1) is 13.0 Å². The molecule has 0 unspecified atom stereocenters. The lowest BCUT2D eigenvalue weighted by Gasteiger charge is -2.37. The fourth-order valence-corrected chi connectivity index (χ4v) is 3.94. The molecule has 0 atom stereocenters. The van der Waals surface area contributed by atoms with Crippen molar-refractivity contribution in [2.75, 3.05) is 56.5 Å². The number of hydrogen-bond donors (Lipinski definition) is 1. The van der Waals surface area contributed by atoms with Crippen LogP contribution in [0.25, 0.3) is 0 Å². The highest BCUT2D eigenvalue weighted by molar-refractivity contribution is 6.01. The highest BCUT2D eigenvalue weighted by Crippen LogP contribution is 2.32. The van der Waals surface area contributed by atoms with Crippen molar-refractivity contribution in [1.29, 1.82) is 0 Å². The number of piperazine rings is 1. The quantitative estimate of drug-likeness (QED) is 0.596. The Bertz CT molecular complexity index is 688. The van der Waals surface area contributed by atoms with Crippen molar-refractivity contribution in [1.82, 2.24) is 19.8 Å². The zero-order chi connectivity index (χ0) is 20.8. The number of hydrogen-bond acceptors (Lipinski definition) is 7. The zero-order valence-electron chi connectivity index (χ0n) is 18.2. The molecule has 1 aromatic heterocycles. The molecule has 3 rings (SSSR count). The Morgan fingerprint density at radius 1 is 1.07 bits per heavy atom. The second-order valence-corrected chi connectivity index (χ2v) is 8.30. The van der Waals surface area contributed by atoms with Crippen molar-refractivity contribution >= 4 is 17.5 Å². The second kappa shape index (κ2) is 10.2. The first-order valence-corrected chi connectivity index (χ1v) is 11.1. The highest BCUT2D eigenvalue weighted by Gasteiger charge is 2.32. The summed E-state index contributed by atoms with van der Waals surface area (Å²) in [6.45, 7) is 13.5. The Morgan fingerprint density at radius 3 is 2.48 bits per heavy atom. The van der Waals surface area contributed by atoms with Crippen molar-refractivity contribution in [2.24, 2.45) is 0 Å². The number of nitrogens with two attached hydrogens (primary N) is 1. The van der Waals surface area contributed by atoms with Crippen LogP contribution in [0.1, 0.15) is 52.0 Å². The van der Waals surface area contributed by atoms with E-state index in [2.05, 4.69) is 40.5 Å². The molecule has 29 heavy (non-hydrogen) atoms. The number of fused-ring (bicyclic) bond motifs is 1. The fourth-order valence-electron chi connectivity index (χ4n) is 3.94. The van der Waals surface area contributed by atoms with Gasteiger partial charge in [-0.15, -0.1) is 0 Å². The molecule has 162 valence electrons. The van der Waals surface area contributed by atoms with Gasteiger partial charge in [0.15, 0.2) is 0 Å². The molecule has 0 aliphatic carbocycles. The molecular weight excluding hydrogens is 368 g/mol. The van der Waals surface area contributed by atoms with Crippen molar-refractivity contribution < 1.29 is 9.53 Å². The maximum absolute atomic E-state index is 12.5. The van der Waals surface area contributed by atoms with Crippen LogP contribution in [-0.4, -0.2) is 77.6 Å². The SMILES string of the molecule is CCCCOc1nc(N)c2c(n1)N(CCCCN1CCN(C(C)C)CC1)C(=O)C2. The molecule has 2 aliphatic rings. The Labute approximate surface area is 174 Å². The van der Waals surface area contributed by atoms with E-state index in [4.69, 9.17) is 10.5 Å². The van der Waals surface area contributed by atoms with Crippen LogP contribution in [-0.2, 0) is 11.2 Å². The van der Waals surface area contributed by atoms with E-state index in [-0.39, 0.29) is 18.3 Å². The highest BCUT2D eigenvalue weighted by atomic mass is 16.5. The average molecular weight is 405 g/mol. The normalized spacial score (nSPS) is 17.9. The molecule has 0 saturated carbocycles. The molecule has 2 N–H and O–H groups in total. The van der Waals surface area contributed by atoms with Gasteiger partial charge in [0.25, 0.3) is 0 Å². The van der Waals surface area contributed by atoms with Gasteiger partial charge in [-0.25, -0.2) is 0 Å². The molecule has 8 heteroatoms. The third-order valence-corrected chi connectivity index (χ3v) is 5.85. The van der Waals surface area contributed by atoms with Crippen LogP contribution in [0.4, 0.5) is 11.6 Å². The van der Waals surface area contributed by atoms with Gasteiger partial charge in [0.1, 0.15) is 11.6 Å². The molecule has 8 nitrogen and oxygen atoms in total. The summed E-state index contributed by atoms with van der Waals surface area (Å²) >= 11 is 0. The van der Waals surface area contributed by atoms with Crippen molar-refractivity contribution in [2.45, 2.75) is 58.9 Å². The minimum atomic E-state index is 0.0530. The number of unbranched alkanes of at least 4 members (excludes halogenated alkanes) is 2. The number of amides is 1. The standard InChI is InChI=1S/C21H36N6O2/c1-4-5-14-29-21-23-19(22)17-15-18(28)27(20(17)24-21)9-7-6-8-25-10-12-26(13-11-25)16(2)3/h16H,4-15H2,1-3H3,(H2,22,23,24). The molecule has 1 fully saturated rings. The number of nitrogens with zero attached hydrogens (tertiary/aromatic N) is 5. The summed E-state index contributed by atoms with van der Waals surface area (Å²) in [5.74, 6) is 1.05. The minimum absolute atomic E-state index is 0.0530. The molecular formula is C21H36N6O2. The summed E-state index contributed by atoms with van der Waals surface area (Å²) in [6, 6.07) is 0.904. The molecule has 1 aromatic rings. The van der Waals surface area contributed by atoms with Gasteiger partial charge in [-0.2, -0.15) is 9.97 Å². The van der Waals surface area contributed by atoms with Crippen LogP contribution < -0.4 is 15.4 Å². The van der Waals surface area contributed by atoms with E-state index in [1.165, 1.54) is 0 Å². The summed E-state index contributed by atoms with van der Waals surface area (Å²) in [5.41, 5.74) is 6.80. The summed E-state index contributed by atoms with van der Waals surface area (Å²) in [4.78, 5) is 28.0. The van der Waals surface area contributed by atoms with Crippen molar-refractivity contribution in [3.8, 4) is 6.01 Å². The lowest BCUT2D eigenvalue weighted by atomic mass is 10.2. The number of carbonyl (C=O) groups excluding carboxylic acids is 1. The van der Waals surface area contributed by atoms with Crippen molar-refractivity contribution in [3.05, 3.63) is 5.56 Å². The Kier molecular flexibility index (Phi) is 7.66. The number of aromatic nitrogens is 2. The molecule has 0 radical (unpaired) electrons. The maximum Gasteiger partial charge on any atom is 0.320 e. The first kappa shape index (κ1) is 21.8. The third-order valence-electron chi connectivity index (χ3n) is 5.85. The number of nitrogen functional groups attached to an aromatic ring is 1. The van der Waals surface area contributed by atoms with E-state index in [1.54, 1.807) is 4.90 Å². The lowest BCUT2D eigenvalue weighted by molar-refractivity contribution is -0.117. The zero-order valence-corrected chi connectivity index (χ0v) is 18.2. The van der Waals surface area contributed by atoms with E-state index in [9.17, 15) is 4.79 Å². The fraction of sp³-hybridized carbons (Fsp3) is 0.762. The number of carbonyl (C=O) groups is 1. The first-order valence-electron chi connectivity index (χ1n) is 11.1. The summed E-state index contributed by atoms with van der Waals surface area (Å²) in [5, 5.41) is 0. The molecule has 0 aromatic carbocycles. The van der Waals surface area contributed by atoms with Gasteiger partial charge in [-0.1, -0.05) is 13.3 Å². The van der Waals surface area contributed by atoms with Gasteiger partial charge < -0.3 is 15.4 Å². The largest absolute Gasteiger partial charge is 0.463 e. The second-order valence-electron chi connectivity index (χ2n) is 8.30. The summed E-state index contributed by atoms with van der Waals surface area (Å²) in [6.07, 6.45) is 4.28. The lowest BCUT2D eigenvalue weighted by Crippen LogP contribution is -2.49. The first-order chi connectivity index (χ1) is 14.0. The van der Waals surface area contributed by atoms with E-state index < -0.39 is 0 Å². The van der Waals surface area contributed by atoms with Crippen LogP contribution in [0.15, 0.2) is 0 Å². The maximum atomic E-state index is 12.5.